The van der Waals surface area contributed by atoms with Gasteiger partial charge in [0.1, 0.15) is 5.82 Å². The van der Waals surface area contributed by atoms with Crippen molar-refractivity contribution in [1.82, 2.24) is 19.7 Å². The summed E-state index contributed by atoms with van der Waals surface area (Å²) in [7, 11) is 0. The normalized spacial score (nSPS) is 17.0. The van der Waals surface area contributed by atoms with E-state index in [1.165, 1.54) is 23.1 Å². The van der Waals surface area contributed by atoms with Crippen molar-refractivity contribution in [1.29, 1.82) is 0 Å². The SMILES string of the molecule is CCCc1nnc(SCC(=O)Nc2nc(C)c(C)s2)n1C[C@@H]1CCCO1. The molecule has 26 heavy (non-hydrogen) atoms. The van der Waals surface area contributed by atoms with Gasteiger partial charge in [-0.05, 0) is 33.1 Å². The lowest BCUT2D eigenvalue weighted by molar-refractivity contribution is -0.113. The fourth-order valence-corrected chi connectivity index (χ4v) is 4.42. The molecule has 0 unspecified atom stereocenters. The van der Waals surface area contributed by atoms with Gasteiger partial charge in [0, 0.05) is 17.9 Å². The number of rotatable bonds is 8. The molecule has 1 amide bonds. The Hall–Kier alpha value is -1.45. The molecule has 0 bridgehead atoms. The zero-order valence-electron chi connectivity index (χ0n) is 15.4. The summed E-state index contributed by atoms with van der Waals surface area (Å²) in [6.45, 7) is 7.66. The summed E-state index contributed by atoms with van der Waals surface area (Å²) in [6, 6.07) is 0. The topological polar surface area (TPSA) is 81.9 Å². The van der Waals surface area contributed by atoms with Crippen LogP contribution in [0.4, 0.5) is 5.13 Å². The van der Waals surface area contributed by atoms with Crippen molar-refractivity contribution in [3.05, 3.63) is 16.4 Å². The van der Waals surface area contributed by atoms with Crippen molar-refractivity contribution in [3.8, 4) is 0 Å². The molecule has 1 atom stereocenters. The molecule has 0 aliphatic carbocycles. The number of carbonyl (C=O) groups excluding carboxylic acids is 1. The predicted molar refractivity (Wildman–Crippen MR) is 104 cm³/mol. The third-order valence-corrected chi connectivity index (χ3v) is 6.24. The lowest BCUT2D eigenvalue weighted by Crippen LogP contribution is -2.19. The number of carbonyl (C=O) groups is 1. The Kier molecular flexibility index (Phi) is 6.66. The van der Waals surface area contributed by atoms with Crippen molar-refractivity contribution in [2.45, 2.75) is 64.3 Å². The molecule has 1 fully saturated rings. The molecule has 1 aliphatic heterocycles. The monoisotopic (exact) mass is 395 g/mol. The van der Waals surface area contributed by atoms with E-state index in [9.17, 15) is 4.79 Å². The molecule has 1 saturated heterocycles. The first kappa shape index (κ1) is 19.3. The zero-order chi connectivity index (χ0) is 18.5. The van der Waals surface area contributed by atoms with E-state index in [-0.39, 0.29) is 17.8 Å². The van der Waals surface area contributed by atoms with Gasteiger partial charge in [-0.1, -0.05) is 18.7 Å². The molecule has 0 radical (unpaired) electrons. The highest BCUT2D eigenvalue weighted by molar-refractivity contribution is 7.99. The first-order chi connectivity index (χ1) is 12.6. The van der Waals surface area contributed by atoms with Gasteiger partial charge in [-0.25, -0.2) is 4.98 Å². The highest BCUT2D eigenvalue weighted by Crippen LogP contribution is 2.24. The number of aromatic nitrogens is 4. The Bertz CT molecular complexity index is 733. The maximum atomic E-state index is 12.2. The van der Waals surface area contributed by atoms with Crippen LogP contribution >= 0.6 is 23.1 Å². The van der Waals surface area contributed by atoms with Gasteiger partial charge in [0.25, 0.3) is 0 Å². The number of nitrogens with zero attached hydrogens (tertiary/aromatic N) is 4. The van der Waals surface area contributed by atoms with Gasteiger partial charge in [-0.15, -0.1) is 21.5 Å². The van der Waals surface area contributed by atoms with Crippen LogP contribution in [0.2, 0.25) is 0 Å². The third-order valence-electron chi connectivity index (χ3n) is 4.28. The predicted octanol–water partition coefficient (Wildman–Crippen LogP) is 3.21. The van der Waals surface area contributed by atoms with Crippen molar-refractivity contribution >= 4 is 34.1 Å². The molecule has 3 heterocycles. The molecule has 3 rings (SSSR count). The molecule has 142 valence electrons. The van der Waals surface area contributed by atoms with Crippen LogP contribution in [0.3, 0.4) is 0 Å². The van der Waals surface area contributed by atoms with Crippen LogP contribution in [-0.2, 0) is 22.5 Å². The molecule has 1 aliphatic rings. The first-order valence-electron chi connectivity index (χ1n) is 8.97. The second-order valence-electron chi connectivity index (χ2n) is 6.39. The summed E-state index contributed by atoms with van der Waals surface area (Å²) in [5.74, 6) is 1.18. The number of aryl methyl sites for hydroxylation is 3. The van der Waals surface area contributed by atoms with Crippen molar-refractivity contribution in [3.63, 3.8) is 0 Å². The Morgan fingerprint density at radius 1 is 1.42 bits per heavy atom. The Labute approximate surface area is 161 Å². The Morgan fingerprint density at radius 3 is 2.92 bits per heavy atom. The van der Waals surface area contributed by atoms with E-state index >= 15 is 0 Å². The fourth-order valence-electron chi connectivity index (χ4n) is 2.82. The highest BCUT2D eigenvalue weighted by atomic mass is 32.2. The third kappa shape index (κ3) is 4.83. The molecular weight excluding hydrogens is 370 g/mol. The van der Waals surface area contributed by atoms with Gasteiger partial charge >= 0.3 is 0 Å². The average Bonchev–Trinajstić information content (AvgIpc) is 3.31. The van der Waals surface area contributed by atoms with E-state index < -0.39 is 0 Å². The number of hydrogen-bond acceptors (Lipinski definition) is 7. The Balaban J connectivity index is 1.61. The van der Waals surface area contributed by atoms with Crippen LogP contribution in [0.15, 0.2) is 5.16 Å². The number of amides is 1. The molecule has 7 nitrogen and oxygen atoms in total. The number of thiazole rings is 1. The minimum absolute atomic E-state index is 0.0764. The molecule has 2 aromatic rings. The smallest absolute Gasteiger partial charge is 0.236 e. The van der Waals surface area contributed by atoms with E-state index in [1.807, 2.05) is 13.8 Å². The van der Waals surface area contributed by atoms with Crippen LogP contribution < -0.4 is 5.32 Å². The molecule has 0 aromatic carbocycles. The minimum Gasteiger partial charge on any atom is -0.376 e. The van der Waals surface area contributed by atoms with Gasteiger partial charge < -0.3 is 14.6 Å². The van der Waals surface area contributed by atoms with E-state index in [2.05, 4.69) is 32.0 Å². The molecule has 2 aromatic heterocycles. The van der Waals surface area contributed by atoms with Crippen molar-refractivity contribution in [2.24, 2.45) is 0 Å². The van der Waals surface area contributed by atoms with Crippen LogP contribution in [0.25, 0.3) is 0 Å². The minimum atomic E-state index is -0.0764. The van der Waals surface area contributed by atoms with Crippen molar-refractivity contribution in [2.75, 3.05) is 17.7 Å². The summed E-state index contributed by atoms with van der Waals surface area (Å²) in [4.78, 5) is 17.7. The summed E-state index contributed by atoms with van der Waals surface area (Å²) in [6.07, 6.45) is 4.28. The van der Waals surface area contributed by atoms with Gasteiger partial charge in [-0.3, -0.25) is 4.79 Å². The number of thioether (sulfide) groups is 1. The van der Waals surface area contributed by atoms with E-state index in [1.54, 1.807) is 0 Å². The second-order valence-corrected chi connectivity index (χ2v) is 8.54. The average molecular weight is 396 g/mol. The second kappa shape index (κ2) is 8.96. The number of nitrogens with one attached hydrogen (secondary N) is 1. The van der Waals surface area contributed by atoms with Gasteiger partial charge in [-0.2, -0.15) is 0 Å². The maximum Gasteiger partial charge on any atom is 0.236 e. The highest BCUT2D eigenvalue weighted by Gasteiger charge is 2.21. The number of ether oxygens (including phenoxy) is 1. The number of anilines is 1. The van der Waals surface area contributed by atoms with Crippen LogP contribution in [-0.4, -0.2) is 44.1 Å². The summed E-state index contributed by atoms with van der Waals surface area (Å²) in [5, 5.41) is 12.9. The standard InChI is InChI=1S/C17H25N5O2S2/c1-4-6-14-20-21-17(22(14)9-13-7-5-8-24-13)25-10-15(23)19-16-18-11(2)12(3)26-16/h13H,4-10H2,1-3H3,(H,18,19,23)/t13-/m0/s1. The lowest BCUT2D eigenvalue weighted by Gasteiger charge is -2.14. The summed E-state index contributed by atoms with van der Waals surface area (Å²) in [5.41, 5.74) is 0.957. The van der Waals surface area contributed by atoms with Crippen LogP contribution in [0.1, 0.15) is 42.6 Å². The fraction of sp³-hybridized carbons (Fsp3) is 0.647. The quantitative estimate of drug-likeness (QED) is 0.691. The molecule has 0 saturated carbocycles. The largest absolute Gasteiger partial charge is 0.376 e. The van der Waals surface area contributed by atoms with Gasteiger partial charge in [0.15, 0.2) is 10.3 Å². The first-order valence-corrected chi connectivity index (χ1v) is 10.8. The molecule has 1 N–H and O–H groups in total. The molecule has 9 heteroatoms. The van der Waals surface area contributed by atoms with E-state index in [0.29, 0.717) is 5.13 Å². The summed E-state index contributed by atoms with van der Waals surface area (Å²) >= 11 is 2.91. The zero-order valence-corrected chi connectivity index (χ0v) is 17.1. The summed E-state index contributed by atoms with van der Waals surface area (Å²) < 4.78 is 7.88. The van der Waals surface area contributed by atoms with Crippen LogP contribution in [0, 0.1) is 13.8 Å². The van der Waals surface area contributed by atoms with Crippen LogP contribution in [0.5, 0.6) is 0 Å². The van der Waals surface area contributed by atoms with E-state index in [4.69, 9.17) is 4.74 Å². The molecular formula is C17H25N5O2S2. The maximum absolute atomic E-state index is 12.2. The lowest BCUT2D eigenvalue weighted by atomic mass is 10.2. The van der Waals surface area contributed by atoms with Gasteiger partial charge in [0.2, 0.25) is 5.91 Å². The van der Waals surface area contributed by atoms with E-state index in [0.717, 1.165) is 60.4 Å². The molecule has 0 spiro atoms. The van der Waals surface area contributed by atoms with Gasteiger partial charge in [0.05, 0.1) is 24.1 Å². The van der Waals surface area contributed by atoms with Crippen molar-refractivity contribution < 1.29 is 9.53 Å². The number of hydrogen-bond donors (Lipinski definition) is 1. The Morgan fingerprint density at radius 2 is 2.27 bits per heavy atom.